The fourth-order valence-corrected chi connectivity index (χ4v) is 1.86. The molecular formula is C14H12F4N2O. The van der Waals surface area contributed by atoms with Crippen LogP contribution >= 0.6 is 0 Å². The lowest BCUT2D eigenvalue weighted by Gasteiger charge is -2.14. The predicted octanol–water partition coefficient (Wildman–Crippen LogP) is 3.16. The summed E-state index contributed by atoms with van der Waals surface area (Å²) in [5.74, 6) is -0.937. The Hall–Kier alpha value is -2.31. The quantitative estimate of drug-likeness (QED) is 0.884. The largest absolute Gasteiger partial charge is 0.416 e. The van der Waals surface area contributed by atoms with Crippen LogP contribution in [0.4, 0.5) is 23.2 Å². The van der Waals surface area contributed by atoms with Gasteiger partial charge in [-0.1, -0.05) is 6.07 Å². The number of anilines is 1. The lowest BCUT2D eigenvalue weighted by molar-refractivity contribution is -0.138. The zero-order valence-corrected chi connectivity index (χ0v) is 11.0. The molecule has 0 aliphatic heterocycles. The molecule has 0 saturated heterocycles. The summed E-state index contributed by atoms with van der Waals surface area (Å²) in [6.07, 6.45) is -3.15. The number of halogens is 4. The average Bonchev–Trinajstić information content (AvgIpc) is 2.40. The summed E-state index contributed by atoms with van der Waals surface area (Å²) in [6.45, 7) is -0.132. The molecule has 0 amide bonds. The standard InChI is InChI=1S/C14H12F4N2O/c1-20-8-11(4-5-13(20)21)19-7-9-2-3-10(15)6-12(9)14(16,17)18/h2-6,8,19H,7H2,1H3. The molecular weight excluding hydrogens is 288 g/mol. The fraction of sp³-hybridized carbons (Fsp3) is 0.214. The number of alkyl halides is 3. The van der Waals surface area contributed by atoms with E-state index in [1.54, 1.807) is 0 Å². The van der Waals surface area contributed by atoms with Crippen LogP contribution in [0.15, 0.2) is 41.3 Å². The Kier molecular flexibility index (Phi) is 4.02. The highest BCUT2D eigenvalue weighted by atomic mass is 19.4. The number of rotatable bonds is 3. The highest BCUT2D eigenvalue weighted by Crippen LogP contribution is 2.32. The lowest BCUT2D eigenvalue weighted by atomic mass is 10.1. The molecule has 1 aromatic heterocycles. The number of hydrogen-bond acceptors (Lipinski definition) is 2. The van der Waals surface area contributed by atoms with Gasteiger partial charge >= 0.3 is 6.18 Å². The van der Waals surface area contributed by atoms with Crippen molar-refractivity contribution in [2.45, 2.75) is 12.7 Å². The van der Waals surface area contributed by atoms with Crippen molar-refractivity contribution in [3.8, 4) is 0 Å². The number of benzene rings is 1. The summed E-state index contributed by atoms with van der Waals surface area (Å²) in [5.41, 5.74) is -0.814. The molecule has 0 atom stereocenters. The van der Waals surface area contributed by atoms with Crippen LogP contribution in [0.5, 0.6) is 0 Å². The highest BCUT2D eigenvalue weighted by molar-refractivity contribution is 5.42. The van der Waals surface area contributed by atoms with E-state index >= 15 is 0 Å². The average molecular weight is 300 g/mol. The van der Waals surface area contributed by atoms with Crippen LogP contribution in [-0.4, -0.2) is 4.57 Å². The van der Waals surface area contributed by atoms with Crippen molar-refractivity contribution in [3.05, 3.63) is 63.8 Å². The first-order chi connectivity index (χ1) is 9.77. The van der Waals surface area contributed by atoms with Crippen molar-refractivity contribution < 1.29 is 17.6 Å². The van der Waals surface area contributed by atoms with Crippen molar-refractivity contribution in [1.82, 2.24) is 4.57 Å². The number of nitrogens with one attached hydrogen (secondary N) is 1. The molecule has 1 heterocycles. The maximum Gasteiger partial charge on any atom is 0.416 e. The third kappa shape index (κ3) is 3.62. The topological polar surface area (TPSA) is 34.0 Å². The minimum absolute atomic E-state index is 0.0715. The second kappa shape index (κ2) is 5.59. The molecule has 2 rings (SSSR count). The van der Waals surface area contributed by atoms with E-state index in [1.165, 1.54) is 29.9 Å². The van der Waals surface area contributed by atoms with Gasteiger partial charge in [0.15, 0.2) is 0 Å². The Morgan fingerprint density at radius 3 is 2.52 bits per heavy atom. The van der Waals surface area contributed by atoms with Gasteiger partial charge in [0, 0.05) is 25.9 Å². The Labute approximate surface area is 117 Å². The van der Waals surface area contributed by atoms with Crippen molar-refractivity contribution in [3.63, 3.8) is 0 Å². The Morgan fingerprint density at radius 1 is 1.19 bits per heavy atom. The summed E-state index contributed by atoms with van der Waals surface area (Å²) in [6, 6.07) is 5.31. The molecule has 0 spiro atoms. The monoisotopic (exact) mass is 300 g/mol. The molecule has 21 heavy (non-hydrogen) atoms. The number of nitrogens with zero attached hydrogens (tertiary/aromatic N) is 1. The number of hydrogen-bond donors (Lipinski definition) is 1. The molecule has 2 aromatic rings. The molecule has 7 heteroatoms. The normalized spacial score (nSPS) is 11.5. The molecule has 1 N–H and O–H groups in total. The highest BCUT2D eigenvalue weighted by Gasteiger charge is 2.33. The predicted molar refractivity (Wildman–Crippen MR) is 70.4 cm³/mol. The maximum atomic E-state index is 13.0. The van der Waals surface area contributed by atoms with Gasteiger partial charge in [0.05, 0.1) is 11.3 Å². The number of aryl methyl sites for hydroxylation is 1. The molecule has 112 valence electrons. The van der Waals surface area contributed by atoms with E-state index in [9.17, 15) is 22.4 Å². The van der Waals surface area contributed by atoms with E-state index < -0.39 is 17.6 Å². The van der Waals surface area contributed by atoms with Crippen LogP contribution in [0.1, 0.15) is 11.1 Å². The van der Waals surface area contributed by atoms with Gasteiger partial charge in [0.1, 0.15) is 5.82 Å². The molecule has 3 nitrogen and oxygen atoms in total. The zero-order valence-electron chi connectivity index (χ0n) is 11.0. The Morgan fingerprint density at radius 2 is 1.90 bits per heavy atom. The van der Waals surface area contributed by atoms with Crippen molar-refractivity contribution in [1.29, 1.82) is 0 Å². The smallest absolute Gasteiger partial charge is 0.380 e. The van der Waals surface area contributed by atoms with Crippen molar-refractivity contribution in [2.75, 3.05) is 5.32 Å². The summed E-state index contributed by atoms with van der Waals surface area (Å²) >= 11 is 0. The van der Waals surface area contributed by atoms with Crippen molar-refractivity contribution in [2.24, 2.45) is 7.05 Å². The first-order valence-corrected chi connectivity index (χ1v) is 6.03. The van der Waals surface area contributed by atoms with Crippen LogP contribution in [0.3, 0.4) is 0 Å². The molecule has 1 aromatic carbocycles. The van der Waals surface area contributed by atoms with Crippen LogP contribution in [0, 0.1) is 5.82 Å². The third-order valence-electron chi connectivity index (χ3n) is 2.95. The van der Waals surface area contributed by atoms with Gasteiger partial charge in [0.2, 0.25) is 5.56 Å². The third-order valence-corrected chi connectivity index (χ3v) is 2.95. The summed E-state index contributed by atoms with van der Waals surface area (Å²) in [4.78, 5) is 11.2. The van der Waals surface area contributed by atoms with E-state index in [4.69, 9.17) is 0 Å². The van der Waals surface area contributed by atoms with Crippen molar-refractivity contribution >= 4 is 5.69 Å². The second-order valence-electron chi connectivity index (χ2n) is 4.52. The van der Waals surface area contributed by atoms with E-state index in [0.717, 1.165) is 12.1 Å². The molecule has 0 radical (unpaired) electrons. The fourth-order valence-electron chi connectivity index (χ4n) is 1.86. The molecule has 0 unspecified atom stereocenters. The van der Waals surface area contributed by atoms with Crippen LogP contribution in [0.2, 0.25) is 0 Å². The molecule has 0 aliphatic carbocycles. The van der Waals surface area contributed by atoms with Crippen LogP contribution in [-0.2, 0) is 19.8 Å². The van der Waals surface area contributed by atoms with Gasteiger partial charge in [-0.15, -0.1) is 0 Å². The van der Waals surface area contributed by atoms with Gasteiger partial charge in [-0.05, 0) is 23.8 Å². The first-order valence-electron chi connectivity index (χ1n) is 6.03. The minimum Gasteiger partial charge on any atom is -0.380 e. The van der Waals surface area contributed by atoms with Gasteiger partial charge in [-0.2, -0.15) is 13.2 Å². The Bertz CT molecular complexity index is 707. The number of aromatic nitrogens is 1. The Balaban J connectivity index is 2.24. The van der Waals surface area contributed by atoms with E-state index in [-0.39, 0.29) is 17.7 Å². The molecule has 0 bridgehead atoms. The minimum atomic E-state index is -4.62. The lowest BCUT2D eigenvalue weighted by Crippen LogP contribution is -2.16. The molecule has 0 fully saturated rings. The molecule has 0 saturated carbocycles. The van der Waals surface area contributed by atoms with Gasteiger partial charge < -0.3 is 9.88 Å². The summed E-state index contributed by atoms with van der Waals surface area (Å²) < 4.78 is 52.8. The zero-order chi connectivity index (χ0) is 15.6. The van der Waals surface area contributed by atoms with E-state index in [1.807, 2.05) is 0 Å². The number of pyridine rings is 1. The second-order valence-corrected chi connectivity index (χ2v) is 4.52. The van der Waals surface area contributed by atoms with E-state index in [2.05, 4.69) is 5.32 Å². The van der Waals surface area contributed by atoms with Crippen LogP contribution < -0.4 is 10.9 Å². The van der Waals surface area contributed by atoms with Crippen LogP contribution in [0.25, 0.3) is 0 Å². The molecule has 0 aliphatic rings. The summed E-state index contributed by atoms with van der Waals surface area (Å²) in [5, 5.41) is 2.78. The van der Waals surface area contributed by atoms with Gasteiger partial charge in [-0.3, -0.25) is 4.79 Å². The van der Waals surface area contributed by atoms with Gasteiger partial charge in [-0.25, -0.2) is 4.39 Å². The SMILES string of the molecule is Cn1cc(NCc2ccc(F)cc2C(F)(F)F)ccc1=O. The van der Waals surface area contributed by atoms with Gasteiger partial charge in [0.25, 0.3) is 0 Å². The first kappa shape index (κ1) is 15.1. The van der Waals surface area contributed by atoms with E-state index in [0.29, 0.717) is 11.8 Å². The summed E-state index contributed by atoms with van der Waals surface area (Å²) in [7, 11) is 1.53. The maximum absolute atomic E-state index is 13.0.